The number of hydrogen-bond donors (Lipinski definition) is 3. The second kappa shape index (κ2) is 15.3. The Morgan fingerprint density at radius 2 is 1.91 bits per heavy atom. The number of nitrogens with zero attached hydrogens (tertiary/aromatic N) is 1. The lowest BCUT2D eigenvalue weighted by molar-refractivity contribution is -0.139. The van der Waals surface area contributed by atoms with Crippen LogP contribution >= 0.6 is 50.7 Å². The fraction of sp³-hybridized carbons (Fsp3) is 0.226. The van der Waals surface area contributed by atoms with Crippen LogP contribution in [0.3, 0.4) is 0 Å². The van der Waals surface area contributed by atoms with Gasteiger partial charge in [0, 0.05) is 11.3 Å². The Morgan fingerprint density at radius 3 is 2.65 bits per heavy atom. The summed E-state index contributed by atoms with van der Waals surface area (Å²) in [7, 11) is 0. The van der Waals surface area contributed by atoms with Gasteiger partial charge in [0.05, 0.1) is 32.5 Å². The number of hydrazone groups is 1. The van der Waals surface area contributed by atoms with Crippen molar-refractivity contribution < 1.29 is 23.8 Å². The smallest absolute Gasteiger partial charge is 0.338 e. The summed E-state index contributed by atoms with van der Waals surface area (Å²) < 4.78 is 18.8. The Balaban J connectivity index is 1.38. The molecule has 1 aliphatic rings. The number of benzene rings is 3. The number of hydrogen-bond acceptors (Lipinski definition) is 7. The Morgan fingerprint density at radius 1 is 1.12 bits per heavy atom. The monoisotopic (exact) mass is 776 g/mol. The summed E-state index contributed by atoms with van der Waals surface area (Å²) in [6.45, 7) is 5.93. The minimum atomic E-state index is -0.616. The Bertz CT molecular complexity index is 1570. The average molecular weight is 777 g/mol. The van der Waals surface area contributed by atoms with Crippen LogP contribution in [0, 0.1) is 10.5 Å². The number of para-hydroxylation sites is 1. The third-order valence-electron chi connectivity index (χ3n) is 6.24. The number of ether oxygens (including phenoxy) is 3. The van der Waals surface area contributed by atoms with Crippen molar-refractivity contribution in [1.29, 1.82) is 0 Å². The normalized spacial score (nSPS) is 14.6. The number of nitrogens with one attached hydrogen (secondary N) is 3. The molecule has 0 saturated heterocycles. The lowest BCUT2D eigenvalue weighted by Gasteiger charge is -2.30. The molecule has 0 fully saturated rings. The van der Waals surface area contributed by atoms with Crippen molar-refractivity contribution in [2.24, 2.45) is 5.10 Å². The molecule has 1 amide bonds. The van der Waals surface area contributed by atoms with E-state index in [2.05, 4.69) is 65.7 Å². The van der Waals surface area contributed by atoms with Crippen molar-refractivity contribution in [2.75, 3.05) is 13.2 Å². The lowest BCUT2D eigenvalue weighted by atomic mass is 9.95. The molecule has 0 spiro atoms. The van der Waals surface area contributed by atoms with Gasteiger partial charge < -0.3 is 24.8 Å². The Labute approximate surface area is 277 Å². The molecule has 1 aliphatic heterocycles. The van der Waals surface area contributed by atoms with Crippen molar-refractivity contribution in [2.45, 2.75) is 33.4 Å². The molecule has 1 atom stereocenters. The minimum absolute atomic E-state index is 0.230. The molecule has 1 heterocycles. The van der Waals surface area contributed by atoms with Gasteiger partial charge >= 0.3 is 5.97 Å². The fourth-order valence-corrected chi connectivity index (χ4v) is 6.40. The van der Waals surface area contributed by atoms with Gasteiger partial charge in [-0.1, -0.05) is 48.0 Å². The van der Waals surface area contributed by atoms with E-state index in [1.807, 2.05) is 43.3 Å². The largest absolute Gasteiger partial charge is 0.487 e. The summed E-state index contributed by atoms with van der Waals surface area (Å²) in [4.78, 5) is 25.3. The zero-order valence-corrected chi connectivity index (χ0v) is 28.3. The van der Waals surface area contributed by atoms with Crippen molar-refractivity contribution in [1.82, 2.24) is 16.1 Å². The van der Waals surface area contributed by atoms with Gasteiger partial charge in [-0.2, -0.15) is 5.10 Å². The zero-order valence-electron chi connectivity index (χ0n) is 23.7. The van der Waals surface area contributed by atoms with Crippen LogP contribution in [0.4, 0.5) is 0 Å². The molecule has 0 aromatic heterocycles. The molecule has 0 radical (unpaired) electrons. The van der Waals surface area contributed by atoms with Gasteiger partial charge in [-0.05, 0) is 101 Å². The Kier molecular flexibility index (Phi) is 11.5. The van der Waals surface area contributed by atoms with Crippen LogP contribution in [-0.4, -0.2) is 36.4 Å². The second-order valence-electron chi connectivity index (χ2n) is 9.50. The molecule has 0 aliphatic carbocycles. The summed E-state index contributed by atoms with van der Waals surface area (Å²) in [5, 5.41) is 10.5. The maximum atomic E-state index is 12.7. The van der Waals surface area contributed by atoms with E-state index in [1.54, 1.807) is 38.3 Å². The van der Waals surface area contributed by atoms with Crippen LogP contribution in [-0.2, 0) is 20.9 Å². The first-order valence-electron chi connectivity index (χ1n) is 13.3. The number of carbonyl (C=O) groups is 2. The quantitative estimate of drug-likeness (QED) is 0.0735. The molecule has 3 aromatic rings. The molecular weight excluding hydrogens is 747 g/mol. The second-order valence-corrected chi connectivity index (χ2v) is 11.9. The number of allylic oxidation sites excluding steroid dienone is 1. The highest BCUT2D eigenvalue weighted by molar-refractivity contribution is 14.1. The molecule has 43 heavy (non-hydrogen) atoms. The summed E-state index contributed by atoms with van der Waals surface area (Å²) >= 11 is 11.1. The number of halogens is 2. The molecule has 0 unspecified atom stereocenters. The van der Waals surface area contributed by atoms with Gasteiger partial charge in [-0.3, -0.25) is 4.79 Å². The number of rotatable bonds is 11. The SMILES string of the molecule is CCOC(=O)C1=C(C)NC(=S)N[C@H]1c1ccccc1OCC(=O)NN=Cc1cc(Br)c(OCc2cccc(C)c2)c(I)c1. The predicted molar refractivity (Wildman–Crippen MR) is 181 cm³/mol. The standard InChI is InChI=1S/C31H30BrIN4O5S/c1-4-40-30(39)27-19(3)35-31(43)36-28(27)22-10-5-6-11-25(22)41-17-26(38)37-34-15-21-13-23(32)29(24(33)14-21)42-16-20-9-7-8-18(2)12-20/h5-15,28H,4,16-17H2,1-3H3,(H,37,38)(H2,35,36,43)/t28-/m0/s1. The van der Waals surface area contributed by atoms with E-state index in [-0.39, 0.29) is 13.2 Å². The maximum absolute atomic E-state index is 12.7. The van der Waals surface area contributed by atoms with Gasteiger partial charge in [-0.25, -0.2) is 10.2 Å². The van der Waals surface area contributed by atoms with Gasteiger partial charge in [0.15, 0.2) is 11.7 Å². The zero-order chi connectivity index (χ0) is 30.9. The summed E-state index contributed by atoms with van der Waals surface area (Å²) in [6.07, 6.45) is 1.54. The summed E-state index contributed by atoms with van der Waals surface area (Å²) in [5.74, 6) is 0.222. The van der Waals surface area contributed by atoms with E-state index in [9.17, 15) is 9.59 Å². The fourth-order valence-electron chi connectivity index (χ4n) is 4.36. The van der Waals surface area contributed by atoms with Crippen LogP contribution in [0.5, 0.6) is 11.5 Å². The number of amides is 1. The first kappa shape index (κ1) is 32.4. The van der Waals surface area contributed by atoms with Crippen molar-refractivity contribution >= 4 is 73.9 Å². The molecule has 9 nitrogen and oxygen atoms in total. The van der Waals surface area contributed by atoms with Gasteiger partial charge in [0.25, 0.3) is 5.91 Å². The first-order valence-corrected chi connectivity index (χ1v) is 15.6. The number of carbonyl (C=O) groups excluding carboxylic acids is 2. The molecule has 0 bridgehead atoms. The molecule has 0 saturated carbocycles. The van der Waals surface area contributed by atoms with Gasteiger partial charge in [0.2, 0.25) is 0 Å². The molecule has 3 N–H and O–H groups in total. The maximum Gasteiger partial charge on any atom is 0.338 e. The Hall–Kier alpha value is -3.49. The molecule has 224 valence electrons. The predicted octanol–water partition coefficient (Wildman–Crippen LogP) is 5.83. The van der Waals surface area contributed by atoms with Crippen molar-refractivity contribution in [3.05, 3.63) is 102 Å². The third kappa shape index (κ3) is 8.77. The van der Waals surface area contributed by atoms with Crippen LogP contribution < -0.4 is 25.5 Å². The highest BCUT2D eigenvalue weighted by Crippen LogP contribution is 2.34. The van der Waals surface area contributed by atoms with Crippen LogP contribution in [0.2, 0.25) is 0 Å². The van der Waals surface area contributed by atoms with Crippen LogP contribution in [0.1, 0.15) is 42.1 Å². The lowest BCUT2D eigenvalue weighted by Crippen LogP contribution is -2.45. The van der Waals surface area contributed by atoms with Crippen LogP contribution in [0.15, 0.2) is 81.5 Å². The molecule has 3 aromatic carbocycles. The molecule has 12 heteroatoms. The topological polar surface area (TPSA) is 110 Å². The molecular formula is C31H30BrIN4O5S. The average Bonchev–Trinajstić information content (AvgIpc) is 2.95. The van der Waals surface area contributed by atoms with E-state index in [1.165, 1.54) is 5.56 Å². The highest BCUT2D eigenvalue weighted by atomic mass is 127. The summed E-state index contributed by atoms with van der Waals surface area (Å²) in [6, 6.07) is 18.4. The van der Waals surface area contributed by atoms with Gasteiger partial charge in [-0.15, -0.1) is 0 Å². The minimum Gasteiger partial charge on any atom is -0.487 e. The highest BCUT2D eigenvalue weighted by Gasteiger charge is 2.32. The van der Waals surface area contributed by atoms with E-state index in [0.29, 0.717) is 34.3 Å². The summed E-state index contributed by atoms with van der Waals surface area (Å²) in [5.41, 5.74) is 7.12. The number of aryl methyl sites for hydroxylation is 1. The van der Waals surface area contributed by atoms with Crippen LogP contribution in [0.25, 0.3) is 0 Å². The van der Waals surface area contributed by atoms with Crippen molar-refractivity contribution in [3.8, 4) is 11.5 Å². The third-order valence-corrected chi connectivity index (χ3v) is 7.85. The van der Waals surface area contributed by atoms with E-state index in [4.69, 9.17) is 26.4 Å². The van der Waals surface area contributed by atoms with E-state index < -0.39 is 17.9 Å². The van der Waals surface area contributed by atoms with Crippen molar-refractivity contribution in [3.63, 3.8) is 0 Å². The number of esters is 1. The van der Waals surface area contributed by atoms with E-state index in [0.717, 1.165) is 24.9 Å². The first-order chi connectivity index (χ1) is 20.7. The number of thiocarbonyl (C=S) groups is 1. The van der Waals surface area contributed by atoms with Gasteiger partial charge in [0.1, 0.15) is 18.1 Å². The molecule has 4 rings (SSSR count). The van der Waals surface area contributed by atoms with E-state index >= 15 is 0 Å².